The maximum absolute atomic E-state index is 10.7. The van der Waals surface area contributed by atoms with Gasteiger partial charge in [-0.25, -0.2) is 4.79 Å². The lowest BCUT2D eigenvalue weighted by atomic mass is 10.4. The standard InChI is InChI=1S/C7H16N2O2.CH2O3/c1-4-11-7(10)5-6-8-9(2)3;2-1(3)4/h8H,4-6H2,1-3H3;(H2,2,3,4). The van der Waals surface area contributed by atoms with Crippen molar-refractivity contribution >= 4 is 12.1 Å². The van der Waals surface area contributed by atoms with Crippen LogP contribution in [0.3, 0.4) is 0 Å². The Hall–Kier alpha value is -1.34. The van der Waals surface area contributed by atoms with Crippen LogP contribution in [0, 0.1) is 0 Å². The highest BCUT2D eigenvalue weighted by molar-refractivity contribution is 5.69. The zero-order chi connectivity index (χ0) is 12.3. The van der Waals surface area contributed by atoms with Gasteiger partial charge in [0, 0.05) is 20.6 Å². The van der Waals surface area contributed by atoms with E-state index in [1.807, 2.05) is 14.1 Å². The van der Waals surface area contributed by atoms with Crippen molar-refractivity contribution < 1.29 is 24.5 Å². The zero-order valence-corrected chi connectivity index (χ0v) is 9.19. The molecule has 3 N–H and O–H groups in total. The monoisotopic (exact) mass is 222 g/mol. The number of nitrogens with one attached hydrogen (secondary N) is 1. The van der Waals surface area contributed by atoms with Crippen LogP contribution in [0.5, 0.6) is 0 Å². The second-order valence-electron chi connectivity index (χ2n) is 2.64. The highest BCUT2D eigenvalue weighted by Crippen LogP contribution is 1.83. The van der Waals surface area contributed by atoms with E-state index >= 15 is 0 Å². The second kappa shape index (κ2) is 10.7. The van der Waals surface area contributed by atoms with Crippen molar-refractivity contribution in [3.8, 4) is 0 Å². The van der Waals surface area contributed by atoms with Crippen LogP contribution in [0.1, 0.15) is 13.3 Å². The maximum atomic E-state index is 10.7. The molecular weight excluding hydrogens is 204 g/mol. The number of hydrazine groups is 1. The highest BCUT2D eigenvalue weighted by atomic mass is 16.6. The van der Waals surface area contributed by atoms with E-state index in [1.54, 1.807) is 11.9 Å². The molecule has 0 aliphatic heterocycles. The Morgan fingerprint density at radius 3 is 2.13 bits per heavy atom. The third-order valence-corrected chi connectivity index (χ3v) is 1.06. The molecule has 7 heteroatoms. The highest BCUT2D eigenvalue weighted by Gasteiger charge is 1.99. The molecular formula is C8H18N2O5. The fraction of sp³-hybridized carbons (Fsp3) is 0.750. The first-order chi connectivity index (χ1) is 6.90. The Labute approximate surface area is 88.6 Å². The van der Waals surface area contributed by atoms with Crippen molar-refractivity contribution in [2.75, 3.05) is 27.2 Å². The first kappa shape index (κ1) is 16.1. The summed E-state index contributed by atoms with van der Waals surface area (Å²) in [4.78, 5) is 19.3. The van der Waals surface area contributed by atoms with Crippen molar-refractivity contribution in [1.29, 1.82) is 0 Å². The molecule has 0 saturated carbocycles. The van der Waals surface area contributed by atoms with E-state index in [0.29, 0.717) is 19.6 Å². The number of hydrogen-bond acceptors (Lipinski definition) is 5. The Kier molecular flexibility index (Phi) is 11.5. The summed E-state index contributed by atoms with van der Waals surface area (Å²) < 4.78 is 4.73. The average Bonchev–Trinajstić information content (AvgIpc) is 2.02. The molecule has 15 heavy (non-hydrogen) atoms. The van der Waals surface area contributed by atoms with Gasteiger partial charge in [-0.3, -0.25) is 15.2 Å². The van der Waals surface area contributed by atoms with E-state index in [4.69, 9.17) is 19.7 Å². The summed E-state index contributed by atoms with van der Waals surface area (Å²) in [5.74, 6) is -0.151. The number of esters is 1. The molecule has 0 spiro atoms. The number of ether oxygens (including phenoxy) is 1. The van der Waals surface area contributed by atoms with Crippen LogP contribution in [0.2, 0.25) is 0 Å². The molecule has 0 heterocycles. The lowest BCUT2D eigenvalue weighted by Gasteiger charge is -2.10. The minimum absolute atomic E-state index is 0.151. The molecule has 0 aromatic carbocycles. The molecule has 0 rings (SSSR count). The van der Waals surface area contributed by atoms with Crippen molar-refractivity contribution in [3.05, 3.63) is 0 Å². The van der Waals surface area contributed by atoms with Crippen LogP contribution in [0.25, 0.3) is 0 Å². The quantitative estimate of drug-likeness (QED) is 0.452. The molecule has 0 bridgehead atoms. The van der Waals surface area contributed by atoms with Crippen LogP contribution in [0.4, 0.5) is 4.79 Å². The third kappa shape index (κ3) is 24.5. The number of hydrogen-bond donors (Lipinski definition) is 3. The van der Waals surface area contributed by atoms with E-state index in [0.717, 1.165) is 0 Å². The minimum Gasteiger partial charge on any atom is -0.466 e. The largest absolute Gasteiger partial charge is 0.503 e. The lowest BCUT2D eigenvalue weighted by molar-refractivity contribution is -0.143. The van der Waals surface area contributed by atoms with Crippen LogP contribution in [-0.4, -0.2) is 54.6 Å². The number of carbonyl (C=O) groups is 2. The van der Waals surface area contributed by atoms with E-state index in [1.165, 1.54) is 0 Å². The van der Waals surface area contributed by atoms with Gasteiger partial charge in [-0.2, -0.15) is 0 Å². The molecule has 0 amide bonds. The number of carbonyl (C=O) groups excluding carboxylic acids is 1. The van der Waals surface area contributed by atoms with E-state index in [2.05, 4.69) is 5.43 Å². The Balaban J connectivity index is 0. The van der Waals surface area contributed by atoms with E-state index in [9.17, 15) is 4.79 Å². The average molecular weight is 222 g/mol. The Bertz CT molecular complexity index is 180. The summed E-state index contributed by atoms with van der Waals surface area (Å²) in [6.07, 6.45) is -1.41. The van der Waals surface area contributed by atoms with Crippen molar-refractivity contribution in [3.63, 3.8) is 0 Å². The predicted molar refractivity (Wildman–Crippen MR) is 53.6 cm³/mol. The fourth-order valence-corrected chi connectivity index (χ4v) is 0.615. The zero-order valence-electron chi connectivity index (χ0n) is 9.19. The molecule has 0 aromatic rings. The van der Waals surface area contributed by atoms with Crippen LogP contribution in [-0.2, 0) is 9.53 Å². The normalized spacial score (nSPS) is 9.07. The van der Waals surface area contributed by atoms with Crippen molar-refractivity contribution in [2.45, 2.75) is 13.3 Å². The molecule has 0 aliphatic rings. The smallest absolute Gasteiger partial charge is 0.466 e. The topological polar surface area (TPSA) is 99.1 Å². The first-order valence-corrected chi connectivity index (χ1v) is 4.38. The fourth-order valence-electron chi connectivity index (χ4n) is 0.615. The molecule has 7 nitrogen and oxygen atoms in total. The van der Waals surface area contributed by atoms with Gasteiger partial charge in [0.15, 0.2) is 0 Å². The minimum atomic E-state index is -1.83. The summed E-state index contributed by atoms with van der Waals surface area (Å²) in [7, 11) is 3.76. The second-order valence-corrected chi connectivity index (χ2v) is 2.64. The van der Waals surface area contributed by atoms with Gasteiger partial charge in [-0.1, -0.05) is 0 Å². The van der Waals surface area contributed by atoms with E-state index < -0.39 is 6.16 Å². The molecule has 0 radical (unpaired) electrons. The predicted octanol–water partition coefficient (Wildman–Crippen LogP) is 0.228. The number of rotatable bonds is 5. The number of carboxylic acid groups (broad SMARTS) is 2. The molecule has 0 unspecified atom stereocenters. The van der Waals surface area contributed by atoms with Crippen molar-refractivity contribution in [2.24, 2.45) is 0 Å². The van der Waals surface area contributed by atoms with E-state index in [-0.39, 0.29) is 5.97 Å². The summed E-state index contributed by atoms with van der Waals surface area (Å²) in [6.45, 7) is 2.89. The molecule has 0 fully saturated rings. The molecule has 90 valence electrons. The van der Waals surface area contributed by atoms with Gasteiger partial charge in [0.05, 0.1) is 13.0 Å². The third-order valence-electron chi connectivity index (χ3n) is 1.06. The summed E-state index contributed by atoms with van der Waals surface area (Å²) in [6, 6.07) is 0. The van der Waals surface area contributed by atoms with Crippen LogP contribution < -0.4 is 5.43 Å². The van der Waals surface area contributed by atoms with Gasteiger partial charge < -0.3 is 14.9 Å². The van der Waals surface area contributed by atoms with Gasteiger partial charge >= 0.3 is 12.1 Å². The van der Waals surface area contributed by atoms with Gasteiger partial charge in [-0.05, 0) is 6.92 Å². The van der Waals surface area contributed by atoms with Gasteiger partial charge in [0.25, 0.3) is 0 Å². The summed E-state index contributed by atoms with van der Waals surface area (Å²) in [5, 5.41) is 15.7. The molecule has 0 aliphatic carbocycles. The summed E-state index contributed by atoms with van der Waals surface area (Å²) in [5.41, 5.74) is 2.97. The number of nitrogens with zero attached hydrogens (tertiary/aromatic N) is 1. The van der Waals surface area contributed by atoms with Gasteiger partial charge in [0.1, 0.15) is 0 Å². The van der Waals surface area contributed by atoms with Gasteiger partial charge in [-0.15, -0.1) is 0 Å². The SMILES string of the molecule is CCOC(=O)CCNN(C)C.O=C(O)O. The Morgan fingerprint density at radius 2 is 1.80 bits per heavy atom. The van der Waals surface area contributed by atoms with Crippen molar-refractivity contribution in [1.82, 2.24) is 10.4 Å². The lowest BCUT2D eigenvalue weighted by Crippen LogP contribution is -2.32. The van der Waals surface area contributed by atoms with Crippen LogP contribution in [0.15, 0.2) is 0 Å². The van der Waals surface area contributed by atoms with Crippen LogP contribution >= 0.6 is 0 Å². The van der Waals surface area contributed by atoms with Gasteiger partial charge in [0.2, 0.25) is 0 Å². The Morgan fingerprint density at radius 1 is 1.33 bits per heavy atom. The maximum Gasteiger partial charge on any atom is 0.503 e. The summed E-state index contributed by atoms with van der Waals surface area (Å²) >= 11 is 0. The first-order valence-electron chi connectivity index (χ1n) is 4.38. The molecule has 0 atom stereocenters. The molecule has 0 aromatic heterocycles. The molecule has 0 saturated heterocycles.